The number of nitrogens with zero attached hydrogens (tertiary/aromatic N) is 3. The fourth-order valence-corrected chi connectivity index (χ4v) is 2.71. The van der Waals surface area contributed by atoms with E-state index in [0.717, 1.165) is 25.9 Å². The summed E-state index contributed by atoms with van der Waals surface area (Å²) >= 11 is 0. The number of hydrogen-bond donors (Lipinski definition) is 0. The van der Waals surface area contributed by atoms with Crippen LogP contribution in [0.1, 0.15) is 33.6 Å². The number of likely N-dealkylation sites (tertiary alicyclic amines) is 1. The van der Waals surface area contributed by atoms with E-state index < -0.39 is 5.60 Å². The number of rotatable bonds is 1. The van der Waals surface area contributed by atoms with Crippen LogP contribution in [0.3, 0.4) is 0 Å². The molecule has 0 aromatic carbocycles. The highest BCUT2D eigenvalue weighted by molar-refractivity contribution is 5.76. The largest absolute Gasteiger partial charge is 0.444 e. The topological polar surface area (TPSA) is 53.1 Å². The summed E-state index contributed by atoms with van der Waals surface area (Å²) in [7, 11) is 1.82. The van der Waals surface area contributed by atoms with Crippen LogP contribution in [0.25, 0.3) is 0 Å². The van der Waals surface area contributed by atoms with Crippen LogP contribution >= 0.6 is 0 Å². The SMILES string of the molecule is CN1CCN(C2CCCN(C(=O)OC(C)(C)C)C2)C1=O. The number of carbonyl (C=O) groups is 2. The lowest BCUT2D eigenvalue weighted by atomic mass is 10.0. The van der Waals surface area contributed by atoms with Gasteiger partial charge in [0.2, 0.25) is 0 Å². The van der Waals surface area contributed by atoms with Gasteiger partial charge in [-0.2, -0.15) is 0 Å². The molecule has 1 atom stereocenters. The molecule has 6 heteroatoms. The van der Waals surface area contributed by atoms with Gasteiger partial charge in [-0.15, -0.1) is 0 Å². The molecule has 0 bridgehead atoms. The fourth-order valence-electron chi connectivity index (χ4n) is 2.71. The van der Waals surface area contributed by atoms with Gasteiger partial charge in [-0.1, -0.05) is 0 Å². The first-order valence-corrected chi connectivity index (χ1v) is 7.27. The van der Waals surface area contributed by atoms with E-state index in [-0.39, 0.29) is 18.2 Å². The predicted octanol–water partition coefficient (Wildman–Crippen LogP) is 1.75. The molecular formula is C14H25N3O3. The summed E-state index contributed by atoms with van der Waals surface area (Å²) in [5, 5.41) is 0. The van der Waals surface area contributed by atoms with Crippen LogP contribution in [0.4, 0.5) is 9.59 Å². The zero-order valence-corrected chi connectivity index (χ0v) is 12.9. The fraction of sp³-hybridized carbons (Fsp3) is 0.857. The first-order valence-electron chi connectivity index (χ1n) is 7.27. The molecule has 2 aliphatic rings. The Balaban J connectivity index is 1.95. The van der Waals surface area contributed by atoms with Crippen molar-refractivity contribution in [1.29, 1.82) is 0 Å². The number of likely N-dealkylation sites (N-methyl/N-ethyl adjacent to an activating group) is 1. The quantitative estimate of drug-likeness (QED) is 0.737. The van der Waals surface area contributed by atoms with Gasteiger partial charge in [0.15, 0.2) is 0 Å². The van der Waals surface area contributed by atoms with E-state index in [1.807, 2.05) is 32.7 Å². The lowest BCUT2D eigenvalue weighted by molar-refractivity contribution is 0.0142. The Hall–Kier alpha value is -1.46. The number of amides is 3. The van der Waals surface area contributed by atoms with Gasteiger partial charge < -0.3 is 19.4 Å². The van der Waals surface area contributed by atoms with Gasteiger partial charge in [-0.3, -0.25) is 0 Å². The summed E-state index contributed by atoms with van der Waals surface area (Å²) < 4.78 is 5.41. The van der Waals surface area contributed by atoms with Crippen molar-refractivity contribution in [2.24, 2.45) is 0 Å². The van der Waals surface area contributed by atoms with E-state index in [9.17, 15) is 9.59 Å². The lowest BCUT2D eigenvalue weighted by Gasteiger charge is -2.37. The van der Waals surface area contributed by atoms with E-state index >= 15 is 0 Å². The number of ether oxygens (including phenoxy) is 1. The molecule has 2 rings (SSSR count). The molecule has 3 amide bonds. The highest BCUT2D eigenvalue weighted by Gasteiger charge is 2.36. The normalized spacial score (nSPS) is 24.3. The number of carbonyl (C=O) groups excluding carboxylic acids is 2. The zero-order chi connectivity index (χ0) is 14.9. The van der Waals surface area contributed by atoms with Crippen LogP contribution < -0.4 is 0 Å². The molecule has 0 aromatic rings. The van der Waals surface area contributed by atoms with Crippen LogP contribution in [-0.2, 0) is 4.74 Å². The average molecular weight is 283 g/mol. The molecule has 114 valence electrons. The Morgan fingerprint density at radius 3 is 2.50 bits per heavy atom. The number of piperidine rings is 1. The maximum absolute atomic E-state index is 12.1. The molecule has 0 saturated carbocycles. The smallest absolute Gasteiger partial charge is 0.410 e. The van der Waals surface area contributed by atoms with Gasteiger partial charge in [0.25, 0.3) is 0 Å². The molecular weight excluding hydrogens is 258 g/mol. The maximum Gasteiger partial charge on any atom is 0.410 e. The third-order valence-corrected chi connectivity index (χ3v) is 3.74. The van der Waals surface area contributed by atoms with Crippen LogP contribution in [0.2, 0.25) is 0 Å². The highest BCUT2D eigenvalue weighted by Crippen LogP contribution is 2.21. The van der Waals surface area contributed by atoms with Crippen molar-refractivity contribution < 1.29 is 14.3 Å². The van der Waals surface area contributed by atoms with Crippen molar-refractivity contribution in [2.45, 2.75) is 45.3 Å². The average Bonchev–Trinajstić information content (AvgIpc) is 2.68. The second-order valence-electron chi connectivity index (χ2n) is 6.62. The van der Waals surface area contributed by atoms with E-state index in [2.05, 4.69) is 0 Å². The van der Waals surface area contributed by atoms with Crippen molar-refractivity contribution in [1.82, 2.24) is 14.7 Å². The summed E-state index contributed by atoms with van der Waals surface area (Å²) in [6.07, 6.45) is 1.60. The molecule has 2 heterocycles. The summed E-state index contributed by atoms with van der Waals surface area (Å²) in [4.78, 5) is 29.5. The van der Waals surface area contributed by atoms with Gasteiger partial charge in [-0.25, -0.2) is 9.59 Å². The molecule has 6 nitrogen and oxygen atoms in total. The lowest BCUT2D eigenvalue weighted by Crippen LogP contribution is -2.51. The molecule has 0 spiro atoms. The van der Waals surface area contributed by atoms with Gasteiger partial charge in [-0.05, 0) is 33.6 Å². The van der Waals surface area contributed by atoms with Crippen LogP contribution in [0, 0.1) is 0 Å². The van der Waals surface area contributed by atoms with E-state index in [4.69, 9.17) is 4.74 Å². The Morgan fingerprint density at radius 2 is 1.95 bits per heavy atom. The van der Waals surface area contributed by atoms with Crippen LogP contribution in [0.15, 0.2) is 0 Å². The molecule has 2 aliphatic heterocycles. The summed E-state index contributed by atoms with van der Waals surface area (Å²) in [5.74, 6) is 0. The minimum atomic E-state index is -0.478. The first-order chi connectivity index (χ1) is 9.28. The molecule has 0 radical (unpaired) electrons. The molecule has 0 aromatic heterocycles. The Morgan fingerprint density at radius 1 is 1.25 bits per heavy atom. The minimum Gasteiger partial charge on any atom is -0.444 e. The molecule has 0 N–H and O–H groups in total. The highest BCUT2D eigenvalue weighted by atomic mass is 16.6. The van der Waals surface area contributed by atoms with Gasteiger partial charge in [0, 0.05) is 33.2 Å². The maximum atomic E-state index is 12.1. The third-order valence-electron chi connectivity index (χ3n) is 3.74. The van der Waals surface area contributed by atoms with Gasteiger partial charge in [0.1, 0.15) is 5.60 Å². The molecule has 1 unspecified atom stereocenters. The zero-order valence-electron chi connectivity index (χ0n) is 12.9. The Kier molecular flexibility index (Phi) is 4.11. The Labute approximate surface area is 120 Å². The van der Waals surface area contributed by atoms with Crippen molar-refractivity contribution in [3.63, 3.8) is 0 Å². The van der Waals surface area contributed by atoms with E-state index in [1.54, 1.807) is 9.80 Å². The monoisotopic (exact) mass is 283 g/mol. The number of hydrogen-bond acceptors (Lipinski definition) is 3. The molecule has 20 heavy (non-hydrogen) atoms. The predicted molar refractivity (Wildman–Crippen MR) is 75.6 cm³/mol. The van der Waals surface area contributed by atoms with Crippen molar-refractivity contribution in [3.05, 3.63) is 0 Å². The van der Waals surface area contributed by atoms with Crippen LogP contribution in [-0.4, -0.2) is 71.7 Å². The summed E-state index contributed by atoms with van der Waals surface area (Å²) in [6.45, 7) is 8.41. The van der Waals surface area contributed by atoms with Crippen molar-refractivity contribution in [2.75, 3.05) is 33.2 Å². The molecule has 0 aliphatic carbocycles. The number of urea groups is 1. The van der Waals surface area contributed by atoms with Crippen molar-refractivity contribution >= 4 is 12.1 Å². The second-order valence-corrected chi connectivity index (χ2v) is 6.62. The molecule has 2 saturated heterocycles. The first kappa shape index (κ1) is 14.9. The van der Waals surface area contributed by atoms with Gasteiger partial charge in [0.05, 0.1) is 6.04 Å². The van der Waals surface area contributed by atoms with E-state index in [1.165, 1.54) is 0 Å². The Bertz CT molecular complexity index is 392. The van der Waals surface area contributed by atoms with Gasteiger partial charge >= 0.3 is 12.1 Å². The third kappa shape index (κ3) is 3.35. The van der Waals surface area contributed by atoms with E-state index in [0.29, 0.717) is 13.1 Å². The van der Waals surface area contributed by atoms with Crippen LogP contribution in [0.5, 0.6) is 0 Å². The molecule has 2 fully saturated rings. The summed E-state index contributed by atoms with van der Waals surface area (Å²) in [5.41, 5.74) is -0.478. The standard InChI is InChI=1S/C14H25N3O3/c1-14(2,3)20-13(19)16-7-5-6-11(10-16)17-9-8-15(4)12(17)18/h11H,5-10H2,1-4H3. The summed E-state index contributed by atoms with van der Waals surface area (Å²) in [6, 6.07) is 0.190. The minimum absolute atomic E-state index is 0.0704. The van der Waals surface area contributed by atoms with Crippen molar-refractivity contribution in [3.8, 4) is 0 Å². The second kappa shape index (κ2) is 5.50.